The number of benzene rings is 1. The molecule has 0 radical (unpaired) electrons. The predicted octanol–water partition coefficient (Wildman–Crippen LogP) is 2.35. The molecule has 1 aromatic rings. The molecule has 0 bridgehead atoms. The highest BCUT2D eigenvalue weighted by molar-refractivity contribution is 8.18. The monoisotopic (exact) mass is 487 g/mol. The smallest absolute Gasteiger partial charge is 0.410 e. The summed E-state index contributed by atoms with van der Waals surface area (Å²) < 4.78 is 9.96. The van der Waals surface area contributed by atoms with Crippen molar-refractivity contribution in [2.45, 2.75) is 32.9 Å². The van der Waals surface area contributed by atoms with Gasteiger partial charge in [-0.3, -0.25) is 15.0 Å². The predicted molar refractivity (Wildman–Crippen MR) is 130 cm³/mol. The Kier molecular flexibility index (Phi) is 8.46. The van der Waals surface area contributed by atoms with Crippen LogP contribution in [-0.4, -0.2) is 78.0 Å². The number of methoxy groups -OCH3 is 1. The molecule has 2 aliphatic heterocycles. The average molecular weight is 488 g/mol. The number of piperazine rings is 1. The van der Waals surface area contributed by atoms with Crippen molar-refractivity contribution in [1.29, 1.82) is 0 Å². The fraction of sp³-hybridized carbons (Fsp3) is 0.435. The van der Waals surface area contributed by atoms with E-state index in [1.54, 1.807) is 11.1 Å². The molecular formula is C23H29N5O5S. The molecule has 1 N–H and O–H groups in total. The van der Waals surface area contributed by atoms with Crippen molar-refractivity contribution < 1.29 is 23.9 Å². The lowest BCUT2D eigenvalue weighted by Gasteiger charge is -2.35. The molecule has 34 heavy (non-hydrogen) atoms. The zero-order chi connectivity index (χ0) is 24.7. The average Bonchev–Trinajstić information content (AvgIpc) is 3.13. The molecule has 182 valence electrons. The minimum absolute atomic E-state index is 0.206. The van der Waals surface area contributed by atoms with Gasteiger partial charge in [0.05, 0.1) is 18.2 Å². The molecule has 0 aromatic heterocycles. The van der Waals surface area contributed by atoms with Gasteiger partial charge in [0.1, 0.15) is 5.60 Å². The molecule has 1 aromatic carbocycles. The Hall–Kier alpha value is -3.18. The van der Waals surface area contributed by atoms with Gasteiger partial charge in [0.15, 0.2) is 5.17 Å². The zero-order valence-corrected chi connectivity index (χ0v) is 20.6. The fourth-order valence-electron chi connectivity index (χ4n) is 3.17. The number of rotatable bonds is 5. The van der Waals surface area contributed by atoms with Crippen molar-refractivity contribution in [2.24, 2.45) is 10.2 Å². The number of ether oxygens (including phenoxy) is 2. The van der Waals surface area contributed by atoms with Crippen LogP contribution in [0.4, 0.5) is 4.79 Å². The van der Waals surface area contributed by atoms with Gasteiger partial charge >= 0.3 is 12.1 Å². The summed E-state index contributed by atoms with van der Waals surface area (Å²) in [6, 6.07) is 7.94. The summed E-state index contributed by atoms with van der Waals surface area (Å²) in [5.41, 5.74) is 1.53. The van der Waals surface area contributed by atoms with E-state index in [1.807, 2.05) is 45.0 Å². The second-order valence-electron chi connectivity index (χ2n) is 8.72. The van der Waals surface area contributed by atoms with Crippen LogP contribution >= 0.6 is 11.8 Å². The maximum Gasteiger partial charge on any atom is 0.410 e. The molecule has 2 saturated heterocycles. The van der Waals surface area contributed by atoms with Gasteiger partial charge in [-0.25, -0.2) is 9.59 Å². The highest BCUT2D eigenvalue weighted by atomic mass is 32.2. The lowest BCUT2D eigenvalue weighted by Crippen LogP contribution is -2.49. The van der Waals surface area contributed by atoms with Crippen LogP contribution in [0, 0.1) is 0 Å². The number of carbonyl (C=O) groups is 3. The number of amidine groups is 1. The Morgan fingerprint density at radius 3 is 2.44 bits per heavy atom. The number of nitrogens with one attached hydrogen (secondary N) is 1. The van der Waals surface area contributed by atoms with Crippen molar-refractivity contribution in [3.63, 3.8) is 0 Å². The quantitative estimate of drug-likeness (QED) is 0.294. The number of hydrogen-bond acceptors (Lipinski definition) is 9. The van der Waals surface area contributed by atoms with Crippen LogP contribution in [0.3, 0.4) is 0 Å². The van der Waals surface area contributed by atoms with E-state index >= 15 is 0 Å². The maximum absolute atomic E-state index is 12.2. The Morgan fingerprint density at radius 1 is 1.15 bits per heavy atom. The van der Waals surface area contributed by atoms with Crippen LogP contribution in [0.15, 0.2) is 45.4 Å². The third kappa shape index (κ3) is 7.70. The maximum atomic E-state index is 12.2. The summed E-state index contributed by atoms with van der Waals surface area (Å²) in [5.74, 6) is -1.02. The third-order valence-electron chi connectivity index (χ3n) is 4.87. The molecule has 0 aliphatic carbocycles. The molecule has 2 fully saturated rings. The highest BCUT2D eigenvalue weighted by Crippen LogP contribution is 2.23. The SMILES string of the molecule is COC(=O)/C=C1/S/C(=N\N=Cc2ccc(CN3CCN(C(=O)OC(C)(C)C)CC3)cc2)NC1=O. The van der Waals surface area contributed by atoms with E-state index < -0.39 is 17.5 Å². The van der Waals surface area contributed by atoms with Gasteiger partial charge in [0, 0.05) is 38.8 Å². The largest absolute Gasteiger partial charge is 0.466 e. The second kappa shape index (κ2) is 11.3. The third-order valence-corrected chi connectivity index (χ3v) is 5.77. The first-order chi connectivity index (χ1) is 16.1. The lowest BCUT2D eigenvalue weighted by molar-refractivity contribution is -0.135. The summed E-state index contributed by atoms with van der Waals surface area (Å²) >= 11 is 1.02. The van der Waals surface area contributed by atoms with Crippen LogP contribution in [0.1, 0.15) is 31.9 Å². The van der Waals surface area contributed by atoms with Gasteiger partial charge in [-0.2, -0.15) is 5.10 Å². The first kappa shape index (κ1) is 25.4. The van der Waals surface area contributed by atoms with Gasteiger partial charge < -0.3 is 14.4 Å². The number of thioether (sulfide) groups is 1. The number of hydrogen-bond donors (Lipinski definition) is 1. The van der Waals surface area contributed by atoms with E-state index in [4.69, 9.17) is 4.74 Å². The Balaban J connectivity index is 1.47. The highest BCUT2D eigenvalue weighted by Gasteiger charge is 2.26. The summed E-state index contributed by atoms with van der Waals surface area (Å²) in [6.07, 6.45) is 2.44. The Labute approximate surface area is 203 Å². The van der Waals surface area contributed by atoms with Crippen molar-refractivity contribution >= 4 is 41.1 Å². The molecule has 0 unspecified atom stereocenters. The van der Waals surface area contributed by atoms with Crippen LogP contribution in [0.5, 0.6) is 0 Å². The van der Waals surface area contributed by atoms with Crippen molar-refractivity contribution in [1.82, 2.24) is 15.1 Å². The number of carbonyl (C=O) groups excluding carboxylic acids is 3. The van der Waals surface area contributed by atoms with Gasteiger partial charge in [-0.15, -0.1) is 5.10 Å². The number of esters is 1. The second-order valence-corrected chi connectivity index (χ2v) is 9.75. The number of amides is 2. The molecule has 2 amide bonds. The minimum Gasteiger partial charge on any atom is -0.466 e. The Bertz CT molecular complexity index is 1010. The van der Waals surface area contributed by atoms with Crippen LogP contribution in [-0.2, 0) is 25.6 Å². The van der Waals surface area contributed by atoms with Gasteiger partial charge in [0.25, 0.3) is 5.91 Å². The van der Waals surface area contributed by atoms with Crippen molar-refractivity contribution in [3.8, 4) is 0 Å². The van der Waals surface area contributed by atoms with Gasteiger partial charge in [-0.1, -0.05) is 24.3 Å². The molecular weight excluding hydrogens is 458 g/mol. The molecule has 0 saturated carbocycles. The summed E-state index contributed by atoms with van der Waals surface area (Å²) in [7, 11) is 1.24. The number of nitrogens with zero attached hydrogens (tertiary/aromatic N) is 4. The first-order valence-corrected chi connectivity index (χ1v) is 11.6. The molecule has 2 aliphatic rings. The lowest BCUT2D eigenvalue weighted by atomic mass is 10.1. The van der Waals surface area contributed by atoms with E-state index in [0.29, 0.717) is 18.3 Å². The molecule has 3 rings (SSSR count). The van der Waals surface area contributed by atoms with E-state index in [9.17, 15) is 14.4 Å². The molecule has 11 heteroatoms. The first-order valence-electron chi connectivity index (χ1n) is 10.8. The summed E-state index contributed by atoms with van der Waals surface area (Å²) in [4.78, 5) is 39.5. The summed E-state index contributed by atoms with van der Waals surface area (Å²) in [6.45, 7) is 9.26. The minimum atomic E-state index is -0.604. The van der Waals surface area contributed by atoms with Gasteiger partial charge in [0.2, 0.25) is 0 Å². The topological polar surface area (TPSA) is 113 Å². The molecule has 0 spiro atoms. The Morgan fingerprint density at radius 2 is 1.82 bits per heavy atom. The van der Waals surface area contributed by atoms with Crippen molar-refractivity contribution in [3.05, 3.63) is 46.4 Å². The van der Waals surface area contributed by atoms with Crippen LogP contribution in [0.25, 0.3) is 0 Å². The van der Waals surface area contributed by atoms with E-state index in [2.05, 4.69) is 25.2 Å². The van der Waals surface area contributed by atoms with E-state index in [1.165, 1.54) is 7.11 Å². The summed E-state index contributed by atoms with van der Waals surface area (Å²) in [5, 5.41) is 10.8. The van der Waals surface area contributed by atoms with Gasteiger partial charge in [-0.05, 0) is 43.7 Å². The van der Waals surface area contributed by atoms with E-state index in [0.717, 1.165) is 48.6 Å². The van der Waals surface area contributed by atoms with Crippen molar-refractivity contribution in [2.75, 3.05) is 33.3 Å². The molecule has 10 nitrogen and oxygen atoms in total. The standard InChI is InChI=1S/C23H29N5O5S/c1-23(2,3)33-22(31)28-11-9-27(10-12-28)15-17-7-5-16(6-8-17)14-24-26-21-25-20(30)18(34-21)13-19(29)32-4/h5-8,13-14H,9-12,15H2,1-4H3,(H,25,26,30)/b18-13+,24-14?. The zero-order valence-electron chi connectivity index (χ0n) is 19.7. The molecule has 0 atom stereocenters. The normalized spacial score (nSPS) is 19.6. The van der Waals surface area contributed by atoms with E-state index in [-0.39, 0.29) is 11.0 Å². The molecule has 2 heterocycles. The van der Waals surface area contributed by atoms with Crippen LogP contribution < -0.4 is 5.32 Å². The fourth-order valence-corrected chi connectivity index (χ4v) is 3.91. The van der Waals surface area contributed by atoms with Crippen LogP contribution in [0.2, 0.25) is 0 Å².